The van der Waals surface area contributed by atoms with Crippen molar-refractivity contribution in [2.75, 3.05) is 7.11 Å². The number of nitrogens with zero attached hydrogens (tertiary/aromatic N) is 1. The summed E-state index contributed by atoms with van der Waals surface area (Å²) < 4.78 is 10.8. The Hall–Kier alpha value is -1.91. The third-order valence-electron chi connectivity index (χ3n) is 2.05. The average Bonchev–Trinajstić information content (AvgIpc) is 2.63. The van der Waals surface area contributed by atoms with Crippen LogP contribution in [0.5, 0.6) is 5.75 Å². The summed E-state index contributed by atoms with van der Waals surface area (Å²) in [5, 5.41) is 0. The molecule has 5 nitrogen and oxygen atoms in total. The van der Waals surface area contributed by atoms with Gasteiger partial charge in [0.1, 0.15) is 11.3 Å². The Balaban J connectivity index is 2.61. The predicted octanol–water partition coefficient (Wildman–Crippen LogP) is 1.70. The van der Waals surface area contributed by atoms with Crippen LogP contribution in [0.3, 0.4) is 0 Å². The molecule has 0 bridgehead atoms. The molecule has 0 radical (unpaired) electrons. The van der Waals surface area contributed by atoms with Crippen molar-refractivity contribution in [2.45, 2.75) is 6.54 Å². The highest BCUT2D eigenvalue weighted by molar-refractivity contribution is 7.16. The van der Waals surface area contributed by atoms with Crippen molar-refractivity contribution >= 4 is 27.7 Å². The highest BCUT2D eigenvalue weighted by Gasteiger charge is 2.09. The minimum Gasteiger partial charge on any atom is -0.496 e. The van der Waals surface area contributed by atoms with E-state index in [4.69, 9.17) is 9.15 Å². The maximum atomic E-state index is 11.0. The van der Waals surface area contributed by atoms with E-state index in [1.54, 1.807) is 12.1 Å². The number of methoxy groups -OCH3 is 1. The molecule has 0 fully saturated rings. The number of aliphatic imine (C=N–C) groups is 1. The molecule has 1 aromatic carbocycles. The molecule has 16 heavy (non-hydrogen) atoms. The van der Waals surface area contributed by atoms with Crippen LogP contribution in [0, 0.1) is 0 Å². The predicted molar refractivity (Wildman–Crippen MR) is 58.7 cm³/mol. The zero-order valence-electron chi connectivity index (χ0n) is 8.35. The first-order valence-corrected chi connectivity index (χ1v) is 5.20. The van der Waals surface area contributed by atoms with Crippen molar-refractivity contribution in [1.82, 2.24) is 0 Å². The first kappa shape index (κ1) is 10.6. The Morgan fingerprint density at radius 2 is 2.38 bits per heavy atom. The van der Waals surface area contributed by atoms with E-state index in [1.807, 2.05) is 0 Å². The van der Waals surface area contributed by atoms with Crippen molar-refractivity contribution < 1.29 is 13.9 Å². The fraction of sp³-hybridized carbons (Fsp3) is 0.200. The second kappa shape index (κ2) is 4.30. The quantitative estimate of drug-likeness (QED) is 0.601. The van der Waals surface area contributed by atoms with Gasteiger partial charge in [-0.05, 0) is 6.07 Å². The van der Waals surface area contributed by atoms with Crippen molar-refractivity contribution in [3.8, 4) is 5.75 Å². The van der Waals surface area contributed by atoms with Crippen molar-refractivity contribution in [3.05, 3.63) is 27.4 Å². The van der Waals surface area contributed by atoms with Crippen molar-refractivity contribution in [2.24, 2.45) is 4.99 Å². The molecule has 1 heterocycles. The lowest BCUT2D eigenvalue weighted by atomic mass is 10.2. The number of ether oxygens (including phenoxy) is 1. The maximum absolute atomic E-state index is 11.0. The molecule has 0 spiro atoms. The molecule has 0 atom stereocenters. The molecule has 6 heteroatoms. The summed E-state index contributed by atoms with van der Waals surface area (Å²) in [6.45, 7) is 0.155. The topological polar surface area (TPSA) is 68.9 Å². The summed E-state index contributed by atoms with van der Waals surface area (Å²) in [6.07, 6.45) is 1.45. The van der Waals surface area contributed by atoms with Crippen molar-refractivity contribution in [1.29, 1.82) is 0 Å². The summed E-state index contributed by atoms with van der Waals surface area (Å²) in [5.74, 6) is 0.573. The standard InChI is InChI=1S/C10H7NO4S/c1-14-7-3-9-8(15-10(13)16-9)2-6(7)4-11-5-12/h2-3H,4H2,1H3. The number of carbonyl (C=O) groups excluding carboxylic acids is 1. The monoisotopic (exact) mass is 237 g/mol. The number of isocyanates is 1. The molecule has 2 rings (SSSR count). The summed E-state index contributed by atoms with van der Waals surface area (Å²) in [6, 6.07) is 3.34. The van der Waals surface area contributed by atoms with E-state index in [2.05, 4.69) is 4.99 Å². The molecule has 0 aliphatic carbocycles. The minimum atomic E-state index is -0.368. The second-order valence-electron chi connectivity index (χ2n) is 2.97. The van der Waals surface area contributed by atoms with E-state index in [1.165, 1.54) is 13.2 Å². The number of rotatable bonds is 3. The van der Waals surface area contributed by atoms with Gasteiger partial charge in [-0.15, -0.1) is 0 Å². The van der Waals surface area contributed by atoms with Gasteiger partial charge in [0.25, 0.3) is 0 Å². The molecule has 0 amide bonds. The average molecular weight is 237 g/mol. The van der Waals surface area contributed by atoms with Crippen LogP contribution in [-0.4, -0.2) is 13.2 Å². The number of benzene rings is 1. The third kappa shape index (κ3) is 1.88. The molecule has 0 unspecified atom stereocenters. The molecule has 0 aliphatic heterocycles. The van der Waals surface area contributed by atoms with Crippen LogP contribution in [0.25, 0.3) is 10.3 Å². The van der Waals surface area contributed by atoms with Gasteiger partial charge in [-0.2, -0.15) is 0 Å². The lowest BCUT2D eigenvalue weighted by molar-refractivity contribution is 0.410. The summed E-state index contributed by atoms with van der Waals surface area (Å²) in [4.78, 5) is 24.2. The van der Waals surface area contributed by atoms with Crippen LogP contribution in [0.4, 0.5) is 0 Å². The molecule has 0 N–H and O–H groups in total. The van der Waals surface area contributed by atoms with Gasteiger partial charge < -0.3 is 9.15 Å². The number of hydrogen-bond acceptors (Lipinski definition) is 6. The molecular weight excluding hydrogens is 230 g/mol. The highest BCUT2D eigenvalue weighted by Crippen LogP contribution is 2.27. The van der Waals surface area contributed by atoms with Gasteiger partial charge in [0.2, 0.25) is 6.08 Å². The first-order chi connectivity index (χ1) is 7.74. The lowest BCUT2D eigenvalue weighted by Crippen LogP contribution is -1.90. The zero-order chi connectivity index (χ0) is 11.5. The van der Waals surface area contributed by atoms with E-state index in [-0.39, 0.29) is 11.5 Å². The van der Waals surface area contributed by atoms with Crippen LogP contribution in [0.1, 0.15) is 5.56 Å². The molecule has 82 valence electrons. The van der Waals surface area contributed by atoms with Gasteiger partial charge in [0.05, 0.1) is 18.4 Å². The van der Waals surface area contributed by atoms with E-state index in [0.29, 0.717) is 21.6 Å². The Kier molecular flexibility index (Phi) is 2.85. The molecule has 0 aliphatic rings. The van der Waals surface area contributed by atoms with Gasteiger partial charge >= 0.3 is 4.94 Å². The van der Waals surface area contributed by atoms with Gasteiger partial charge in [0.15, 0.2) is 0 Å². The SMILES string of the molecule is COc1cc2sc(=O)oc2cc1CN=C=O. The smallest absolute Gasteiger partial charge is 0.396 e. The molecule has 0 saturated heterocycles. The fourth-order valence-corrected chi connectivity index (χ4v) is 2.05. The van der Waals surface area contributed by atoms with Gasteiger partial charge in [-0.3, -0.25) is 0 Å². The Morgan fingerprint density at radius 3 is 3.06 bits per heavy atom. The van der Waals surface area contributed by atoms with E-state index < -0.39 is 0 Å². The Labute approximate surface area is 94.0 Å². The maximum Gasteiger partial charge on any atom is 0.396 e. The first-order valence-electron chi connectivity index (χ1n) is 4.39. The molecule has 1 aromatic heterocycles. The van der Waals surface area contributed by atoms with Gasteiger partial charge in [-0.1, -0.05) is 11.3 Å². The van der Waals surface area contributed by atoms with E-state index in [9.17, 15) is 9.59 Å². The van der Waals surface area contributed by atoms with Gasteiger partial charge in [0, 0.05) is 11.6 Å². The Bertz CT molecular complexity index is 621. The molecular formula is C10H7NO4S. The van der Waals surface area contributed by atoms with Crippen LogP contribution < -0.4 is 9.68 Å². The lowest BCUT2D eigenvalue weighted by Gasteiger charge is -2.04. The normalized spacial score (nSPS) is 10.1. The van der Waals surface area contributed by atoms with Gasteiger partial charge in [-0.25, -0.2) is 14.6 Å². The zero-order valence-corrected chi connectivity index (χ0v) is 9.17. The third-order valence-corrected chi connectivity index (χ3v) is 2.84. The van der Waals surface area contributed by atoms with Crippen LogP contribution >= 0.6 is 11.3 Å². The number of hydrogen-bond donors (Lipinski definition) is 0. The minimum absolute atomic E-state index is 0.155. The highest BCUT2D eigenvalue weighted by atomic mass is 32.1. The summed E-state index contributed by atoms with van der Waals surface area (Å²) >= 11 is 1.00. The number of fused-ring (bicyclic) bond motifs is 1. The molecule has 0 saturated carbocycles. The van der Waals surface area contributed by atoms with Crippen molar-refractivity contribution in [3.63, 3.8) is 0 Å². The summed E-state index contributed by atoms with van der Waals surface area (Å²) in [5.41, 5.74) is 1.16. The van der Waals surface area contributed by atoms with E-state index >= 15 is 0 Å². The summed E-state index contributed by atoms with van der Waals surface area (Å²) in [7, 11) is 1.51. The van der Waals surface area contributed by atoms with Crippen LogP contribution in [0.15, 0.2) is 26.3 Å². The Morgan fingerprint density at radius 1 is 1.56 bits per heavy atom. The fourth-order valence-electron chi connectivity index (χ4n) is 1.37. The largest absolute Gasteiger partial charge is 0.496 e. The molecule has 2 aromatic rings. The second-order valence-corrected chi connectivity index (χ2v) is 3.95. The van der Waals surface area contributed by atoms with Crippen LogP contribution in [-0.2, 0) is 11.3 Å². The van der Waals surface area contributed by atoms with Crippen LogP contribution in [0.2, 0.25) is 0 Å². The van der Waals surface area contributed by atoms with E-state index in [0.717, 1.165) is 11.3 Å².